The van der Waals surface area contributed by atoms with E-state index in [0.29, 0.717) is 6.54 Å². The molecule has 102 valence electrons. The quantitative estimate of drug-likeness (QED) is 0.822. The van der Waals surface area contributed by atoms with Gasteiger partial charge in [-0.2, -0.15) is 5.26 Å². The highest BCUT2D eigenvalue weighted by molar-refractivity contribution is 5.94. The third-order valence-electron chi connectivity index (χ3n) is 2.53. The topological polar surface area (TPSA) is 44.1 Å². The monoisotopic (exact) mass is 266 g/mol. The number of carbonyl (C=O) groups excluding carboxylic acids is 1. The predicted octanol–water partition coefficient (Wildman–Crippen LogP) is 2.98. The minimum absolute atomic E-state index is 0.0949. The number of amides is 1. The second-order valence-electron chi connectivity index (χ2n) is 4.68. The van der Waals surface area contributed by atoms with Crippen molar-refractivity contribution < 1.29 is 13.6 Å². The van der Waals surface area contributed by atoms with Gasteiger partial charge in [0.05, 0.1) is 12.5 Å². The van der Waals surface area contributed by atoms with Gasteiger partial charge in [0.15, 0.2) is 11.6 Å². The van der Waals surface area contributed by atoms with E-state index in [4.69, 9.17) is 5.26 Å². The van der Waals surface area contributed by atoms with Crippen LogP contribution in [0.25, 0.3) is 0 Å². The molecular weight excluding hydrogens is 250 g/mol. The molecule has 3 nitrogen and oxygen atoms in total. The maximum absolute atomic E-state index is 13.1. The molecule has 0 heterocycles. The van der Waals surface area contributed by atoms with E-state index in [0.717, 1.165) is 12.1 Å². The fraction of sp³-hybridized carbons (Fsp3) is 0.429. The zero-order chi connectivity index (χ0) is 14.4. The van der Waals surface area contributed by atoms with E-state index in [9.17, 15) is 13.6 Å². The first-order valence-corrected chi connectivity index (χ1v) is 6.07. The van der Waals surface area contributed by atoms with Crippen LogP contribution < -0.4 is 0 Å². The Bertz CT molecular complexity index is 495. The Labute approximate surface area is 111 Å². The first-order chi connectivity index (χ1) is 8.95. The van der Waals surface area contributed by atoms with Gasteiger partial charge in [-0.25, -0.2) is 8.78 Å². The van der Waals surface area contributed by atoms with Crippen LogP contribution in [0.4, 0.5) is 8.78 Å². The van der Waals surface area contributed by atoms with Crippen LogP contribution in [0.1, 0.15) is 30.6 Å². The van der Waals surface area contributed by atoms with Gasteiger partial charge in [-0.1, -0.05) is 13.8 Å². The maximum Gasteiger partial charge on any atom is 0.254 e. The molecule has 0 atom stereocenters. The second kappa shape index (κ2) is 6.83. The van der Waals surface area contributed by atoms with Gasteiger partial charge in [0, 0.05) is 18.7 Å². The Morgan fingerprint density at radius 1 is 1.37 bits per heavy atom. The van der Waals surface area contributed by atoms with Gasteiger partial charge in [0.25, 0.3) is 5.91 Å². The Kier molecular flexibility index (Phi) is 5.43. The molecule has 0 saturated heterocycles. The summed E-state index contributed by atoms with van der Waals surface area (Å²) in [6.45, 7) is 4.64. The Balaban J connectivity index is 2.91. The summed E-state index contributed by atoms with van der Waals surface area (Å²) in [6.07, 6.45) is 0.210. The zero-order valence-corrected chi connectivity index (χ0v) is 11.0. The number of hydrogen-bond donors (Lipinski definition) is 0. The minimum atomic E-state index is -1.05. The van der Waals surface area contributed by atoms with E-state index in [2.05, 4.69) is 0 Å². The molecule has 0 bridgehead atoms. The van der Waals surface area contributed by atoms with Crippen molar-refractivity contribution in [3.63, 3.8) is 0 Å². The molecule has 1 aromatic carbocycles. The first kappa shape index (κ1) is 15.1. The van der Waals surface area contributed by atoms with Gasteiger partial charge in [-0.3, -0.25) is 4.79 Å². The molecule has 1 aromatic rings. The van der Waals surface area contributed by atoms with Crippen LogP contribution in [0.15, 0.2) is 18.2 Å². The third-order valence-corrected chi connectivity index (χ3v) is 2.53. The van der Waals surface area contributed by atoms with Crippen LogP contribution in [0.5, 0.6) is 0 Å². The summed E-state index contributed by atoms with van der Waals surface area (Å²) in [7, 11) is 0. The molecule has 0 aliphatic rings. The third kappa shape index (κ3) is 4.32. The molecule has 0 aliphatic carbocycles. The van der Waals surface area contributed by atoms with Crippen LogP contribution in [0, 0.1) is 28.9 Å². The van der Waals surface area contributed by atoms with E-state index < -0.39 is 11.6 Å². The maximum atomic E-state index is 13.1. The molecule has 0 radical (unpaired) electrons. The fourth-order valence-electron chi connectivity index (χ4n) is 1.71. The number of halogens is 2. The van der Waals surface area contributed by atoms with Gasteiger partial charge >= 0.3 is 0 Å². The minimum Gasteiger partial charge on any atom is -0.337 e. The lowest BCUT2D eigenvalue weighted by atomic mass is 10.1. The number of benzene rings is 1. The van der Waals surface area contributed by atoms with Gasteiger partial charge in [-0.15, -0.1) is 0 Å². The largest absolute Gasteiger partial charge is 0.337 e. The van der Waals surface area contributed by atoms with E-state index in [1.54, 1.807) is 0 Å². The Morgan fingerprint density at radius 3 is 2.58 bits per heavy atom. The summed E-state index contributed by atoms with van der Waals surface area (Å²) in [5.41, 5.74) is 0.0949. The van der Waals surface area contributed by atoms with Gasteiger partial charge < -0.3 is 4.90 Å². The summed E-state index contributed by atoms with van der Waals surface area (Å²) < 4.78 is 26.0. The molecule has 0 saturated carbocycles. The molecule has 1 rings (SSSR count). The summed E-state index contributed by atoms with van der Waals surface area (Å²) >= 11 is 0. The second-order valence-corrected chi connectivity index (χ2v) is 4.68. The average Bonchev–Trinajstić information content (AvgIpc) is 2.36. The van der Waals surface area contributed by atoms with Crippen molar-refractivity contribution in [2.24, 2.45) is 5.92 Å². The molecule has 5 heteroatoms. The number of carbonyl (C=O) groups is 1. The van der Waals surface area contributed by atoms with Crippen molar-refractivity contribution in [2.75, 3.05) is 13.1 Å². The molecule has 1 amide bonds. The molecule has 0 spiro atoms. The lowest BCUT2D eigenvalue weighted by Crippen LogP contribution is -2.35. The van der Waals surface area contributed by atoms with Gasteiger partial charge in [0.2, 0.25) is 0 Å². The van der Waals surface area contributed by atoms with E-state index in [1.165, 1.54) is 11.0 Å². The SMILES string of the molecule is CC(C)CN(CCC#N)C(=O)c1ccc(F)c(F)c1. The van der Waals surface area contributed by atoms with Crippen LogP contribution in [-0.2, 0) is 0 Å². The lowest BCUT2D eigenvalue weighted by Gasteiger charge is -2.23. The highest BCUT2D eigenvalue weighted by Crippen LogP contribution is 2.12. The molecule has 19 heavy (non-hydrogen) atoms. The summed E-state index contributed by atoms with van der Waals surface area (Å²) in [5, 5.41) is 8.58. The molecule has 0 fully saturated rings. The first-order valence-electron chi connectivity index (χ1n) is 6.07. The highest BCUT2D eigenvalue weighted by Gasteiger charge is 2.18. The van der Waals surface area contributed by atoms with Crippen molar-refractivity contribution in [3.05, 3.63) is 35.4 Å². The van der Waals surface area contributed by atoms with E-state index >= 15 is 0 Å². The Morgan fingerprint density at radius 2 is 2.05 bits per heavy atom. The molecule has 0 N–H and O–H groups in total. The molecule has 0 aliphatic heterocycles. The van der Waals surface area contributed by atoms with Crippen LogP contribution in [0.3, 0.4) is 0 Å². The Hall–Kier alpha value is -1.96. The van der Waals surface area contributed by atoms with E-state index in [-0.39, 0.29) is 30.4 Å². The van der Waals surface area contributed by atoms with Crippen molar-refractivity contribution in [1.82, 2.24) is 4.90 Å². The van der Waals surface area contributed by atoms with Crippen molar-refractivity contribution in [1.29, 1.82) is 5.26 Å². The molecular formula is C14H16F2N2O. The van der Waals surface area contributed by atoms with Crippen molar-refractivity contribution in [3.8, 4) is 6.07 Å². The van der Waals surface area contributed by atoms with Gasteiger partial charge in [-0.05, 0) is 24.1 Å². The number of nitrogens with zero attached hydrogens (tertiary/aromatic N) is 2. The molecule has 0 aromatic heterocycles. The standard InChI is InChI=1S/C14H16F2N2O/c1-10(2)9-18(7-3-6-17)14(19)11-4-5-12(15)13(16)8-11/h4-5,8,10H,3,7,9H2,1-2H3. The van der Waals surface area contributed by atoms with Gasteiger partial charge in [0.1, 0.15) is 0 Å². The smallest absolute Gasteiger partial charge is 0.254 e. The fourth-order valence-corrected chi connectivity index (χ4v) is 1.71. The summed E-state index contributed by atoms with van der Waals surface area (Å²) in [4.78, 5) is 13.7. The average molecular weight is 266 g/mol. The number of nitriles is 1. The van der Waals surface area contributed by atoms with Crippen molar-refractivity contribution >= 4 is 5.91 Å². The number of rotatable bonds is 5. The summed E-state index contributed by atoms with van der Waals surface area (Å²) in [5.74, 6) is -2.18. The van der Waals surface area contributed by atoms with Crippen LogP contribution in [0.2, 0.25) is 0 Å². The molecule has 0 unspecified atom stereocenters. The summed E-state index contributed by atoms with van der Waals surface area (Å²) in [6, 6.07) is 5.04. The lowest BCUT2D eigenvalue weighted by molar-refractivity contribution is 0.0739. The van der Waals surface area contributed by atoms with Crippen molar-refractivity contribution in [2.45, 2.75) is 20.3 Å². The predicted molar refractivity (Wildman–Crippen MR) is 67.3 cm³/mol. The highest BCUT2D eigenvalue weighted by atomic mass is 19.2. The normalized spacial score (nSPS) is 10.3. The van der Waals surface area contributed by atoms with Crippen LogP contribution in [-0.4, -0.2) is 23.9 Å². The van der Waals surface area contributed by atoms with Crippen LogP contribution >= 0.6 is 0 Å². The van der Waals surface area contributed by atoms with E-state index in [1.807, 2.05) is 19.9 Å². The number of hydrogen-bond acceptors (Lipinski definition) is 2. The zero-order valence-electron chi connectivity index (χ0n) is 11.0.